The molecule has 9 heteroatoms. The smallest absolute Gasteiger partial charge is 0.328 e. The zero-order valence-corrected chi connectivity index (χ0v) is 18.5. The summed E-state index contributed by atoms with van der Waals surface area (Å²) < 4.78 is 5.11. The number of ether oxygens (including phenoxy) is 1. The number of aromatic amines is 1. The fourth-order valence-electron chi connectivity index (χ4n) is 2.48. The Balaban J connectivity index is 1.91. The summed E-state index contributed by atoms with van der Waals surface area (Å²) in [7, 11) is 0. The maximum atomic E-state index is 12.3. The topological polar surface area (TPSA) is 101 Å². The van der Waals surface area contributed by atoms with Crippen LogP contribution in [0.3, 0.4) is 0 Å². The third-order valence-electron chi connectivity index (χ3n) is 4.38. The molecule has 2 atom stereocenters. The second-order valence-electron chi connectivity index (χ2n) is 6.68. The molecule has 1 amide bonds. The van der Waals surface area contributed by atoms with E-state index in [-0.39, 0.29) is 11.5 Å². The maximum absolute atomic E-state index is 12.3. The number of hydrogen-bond acceptors (Lipinski definition) is 7. The molecular weight excluding hydrogens is 398 g/mol. The summed E-state index contributed by atoms with van der Waals surface area (Å²) in [6, 6.07) is -0.696. The van der Waals surface area contributed by atoms with E-state index in [1.807, 2.05) is 20.8 Å². The number of carbonyl (C=O) groups is 2. The minimum absolute atomic E-state index is 0.150. The highest BCUT2D eigenvalue weighted by atomic mass is 32.2. The van der Waals surface area contributed by atoms with Crippen molar-refractivity contribution in [3.63, 3.8) is 0 Å². The number of aromatic nitrogens is 2. The first-order chi connectivity index (χ1) is 13.2. The Labute approximate surface area is 172 Å². The van der Waals surface area contributed by atoms with Crippen molar-refractivity contribution in [3.05, 3.63) is 26.6 Å². The Morgan fingerprint density at radius 3 is 2.71 bits per heavy atom. The predicted octanol–water partition coefficient (Wildman–Crippen LogP) is 3.07. The molecule has 154 valence electrons. The van der Waals surface area contributed by atoms with Crippen LogP contribution in [-0.2, 0) is 20.1 Å². The number of esters is 1. The number of aryl methyl sites for hydroxylation is 2. The minimum atomic E-state index is -0.696. The van der Waals surface area contributed by atoms with E-state index in [9.17, 15) is 14.4 Å². The minimum Gasteiger partial charge on any atom is -0.464 e. The normalized spacial score (nSPS) is 13.3. The van der Waals surface area contributed by atoms with Crippen LogP contribution in [0, 0.1) is 13.8 Å². The van der Waals surface area contributed by atoms with E-state index >= 15 is 0 Å². The first-order valence-corrected chi connectivity index (χ1v) is 11.2. The van der Waals surface area contributed by atoms with E-state index < -0.39 is 17.3 Å². The molecule has 0 bridgehead atoms. The number of thioether (sulfide) groups is 1. The van der Waals surface area contributed by atoms with Crippen LogP contribution in [0.25, 0.3) is 10.2 Å². The molecule has 2 aromatic rings. The van der Waals surface area contributed by atoms with E-state index in [1.54, 1.807) is 13.8 Å². The van der Waals surface area contributed by atoms with Crippen molar-refractivity contribution in [2.24, 2.45) is 0 Å². The molecule has 0 unspecified atom stereocenters. The first-order valence-electron chi connectivity index (χ1n) is 9.32. The fourth-order valence-corrected chi connectivity index (χ4v) is 4.29. The molecule has 0 aliphatic heterocycles. The summed E-state index contributed by atoms with van der Waals surface area (Å²) in [5.41, 5.74) is 0.809. The standard InChI is InChI=1S/C19H27N3O4S2/c1-6-7-8-26-19(25)11(3)20-16(23)13(5)27-9-14-21-17(24)15-10(2)12(4)28-18(15)22-14/h11,13H,6-9H2,1-5H3,(H,20,23)(H,21,22,24)/t11-,13-/m1/s1. The SMILES string of the molecule is CCCCOC(=O)[C@@H](C)NC(=O)[C@@H](C)SCc1nc2sc(C)c(C)c2c(=O)[nH]1. The van der Waals surface area contributed by atoms with E-state index in [0.29, 0.717) is 23.6 Å². The summed E-state index contributed by atoms with van der Waals surface area (Å²) in [6.07, 6.45) is 1.74. The van der Waals surface area contributed by atoms with E-state index in [1.165, 1.54) is 23.1 Å². The monoisotopic (exact) mass is 425 g/mol. The number of carbonyl (C=O) groups excluding carboxylic acids is 2. The zero-order valence-electron chi connectivity index (χ0n) is 16.9. The lowest BCUT2D eigenvalue weighted by Gasteiger charge is -2.16. The van der Waals surface area contributed by atoms with Crippen LogP contribution >= 0.6 is 23.1 Å². The molecule has 2 N–H and O–H groups in total. The summed E-state index contributed by atoms with van der Waals surface area (Å²) in [5.74, 6) is 0.246. The summed E-state index contributed by atoms with van der Waals surface area (Å²) >= 11 is 2.85. The first kappa shape index (κ1) is 22.4. The van der Waals surface area contributed by atoms with Gasteiger partial charge in [-0.15, -0.1) is 23.1 Å². The van der Waals surface area contributed by atoms with Gasteiger partial charge in [-0.3, -0.25) is 9.59 Å². The van der Waals surface area contributed by atoms with Gasteiger partial charge in [0, 0.05) is 4.88 Å². The molecule has 2 rings (SSSR count). The Bertz CT molecular complexity index is 906. The van der Waals surface area contributed by atoms with Gasteiger partial charge >= 0.3 is 5.97 Å². The average molecular weight is 426 g/mol. The lowest BCUT2D eigenvalue weighted by molar-refractivity contribution is -0.147. The number of amides is 1. The number of unbranched alkanes of at least 4 members (excludes halogenated alkanes) is 1. The fraction of sp³-hybridized carbons (Fsp3) is 0.579. The number of H-pyrrole nitrogens is 1. The molecule has 0 fully saturated rings. The number of nitrogens with one attached hydrogen (secondary N) is 2. The van der Waals surface area contributed by atoms with Gasteiger partial charge < -0.3 is 15.0 Å². The van der Waals surface area contributed by atoms with Gasteiger partial charge in [0.2, 0.25) is 5.91 Å². The molecule has 0 aliphatic carbocycles. The molecule has 0 aliphatic rings. The second-order valence-corrected chi connectivity index (χ2v) is 9.21. The highest BCUT2D eigenvalue weighted by Gasteiger charge is 2.21. The maximum Gasteiger partial charge on any atom is 0.328 e. The molecule has 2 aromatic heterocycles. The van der Waals surface area contributed by atoms with Gasteiger partial charge in [-0.2, -0.15) is 0 Å². The van der Waals surface area contributed by atoms with Crippen molar-refractivity contribution in [2.45, 2.75) is 64.5 Å². The zero-order chi connectivity index (χ0) is 20.8. The largest absolute Gasteiger partial charge is 0.464 e. The average Bonchev–Trinajstić information content (AvgIpc) is 2.93. The lowest BCUT2D eigenvalue weighted by Crippen LogP contribution is -2.43. The molecule has 0 saturated carbocycles. The molecule has 0 aromatic carbocycles. The third kappa shape index (κ3) is 5.57. The third-order valence-corrected chi connectivity index (χ3v) is 6.64. The van der Waals surface area contributed by atoms with Gasteiger partial charge in [0.15, 0.2) is 0 Å². The van der Waals surface area contributed by atoms with E-state index in [4.69, 9.17) is 4.74 Å². The van der Waals surface area contributed by atoms with E-state index in [2.05, 4.69) is 15.3 Å². The molecular formula is C19H27N3O4S2. The molecule has 28 heavy (non-hydrogen) atoms. The Kier molecular flexibility index (Phi) is 8.06. The van der Waals surface area contributed by atoms with Gasteiger partial charge in [0.25, 0.3) is 5.56 Å². The van der Waals surface area contributed by atoms with Gasteiger partial charge in [0.05, 0.1) is 23.0 Å². The highest BCUT2D eigenvalue weighted by Crippen LogP contribution is 2.26. The van der Waals surface area contributed by atoms with Crippen LogP contribution in [0.4, 0.5) is 0 Å². The van der Waals surface area contributed by atoms with Crippen LogP contribution in [0.15, 0.2) is 4.79 Å². The van der Waals surface area contributed by atoms with Gasteiger partial charge in [-0.25, -0.2) is 9.78 Å². The number of thiophene rings is 1. The van der Waals surface area contributed by atoms with Crippen LogP contribution in [0.1, 0.15) is 49.9 Å². The second kappa shape index (κ2) is 10.1. The molecule has 2 heterocycles. The summed E-state index contributed by atoms with van der Waals surface area (Å²) in [6.45, 7) is 9.63. The highest BCUT2D eigenvalue weighted by molar-refractivity contribution is 7.99. The van der Waals surface area contributed by atoms with Crippen molar-refractivity contribution in [1.29, 1.82) is 0 Å². The Hall–Kier alpha value is -1.87. The molecule has 0 radical (unpaired) electrons. The van der Waals surface area contributed by atoms with Crippen LogP contribution in [0.5, 0.6) is 0 Å². The van der Waals surface area contributed by atoms with Crippen molar-refractivity contribution in [1.82, 2.24) is 15.3 Å². The quantitative estimate of drug-likeness (QED) is 0.473. The van der Waals surface area contributed by atoms with Gasteiger partial charge in [0.1, 0.15) is 16.7 Å². The predicted molar refractivity (Wildman–Crippen MR) is 114 cm³/mol. The summed E-state index contributed by atoms with van der Waals surface area (Å²) in [4.78, 5) is 45.6. The molecule has 0 spiro atoms. The van der Waals surface area contributed by atoms with Gasteiger partial charge in [-0.1, -0.05) is 13.3 Å². The van der Waals surface area contributed by atoms with Crippen molar-refractivity contribution in [2.75, 3.05) is 6.61 Å². The number of rotatable bonds is 9. The van der Waals surface area contributed by atoms with Gasteiger partial charge in [-0.05, 0) is 39.7 Å². The number of nitrogens with zero attached hydrogens (tertiary/aromatic N) is 1. The van der Waals surface area contributed by atoms with Crippen molar-refractivity contribution < 1.29 is 14.3 Å². The lowest BCUT2D eigenvalue weighted by atomic mass is 10.2. The Morgan fingerprint density at radius 1 is 1.32 bits per heavy atom. The number of hydrogen-bond donors (Lipinski definition) is 2. The molecule has 0 saturated heterocycles. The van der Waals surface area contributed by atoms with Crippen LogP contribution in [0.2, 0.25) is 0 Å². The molecule has 7 nitrogen and oxygen atoms in total. The van der Waals surface area contributed by atoms with Crippen LogP contribution < -0.4 is 10.9 Å². The summed E-state index contributed by atoms with van der Waals surface area (Å²) in [5, 5.41) is 2.90. The van der Waals surface area contributed by atoms with Crippen molar-refractivity contribution in [3.8, 4) is 0 Å². The Morgan fingerprint density at radius 2 is 2.04 bits per heavy atom. The van der Waals surface area contributed by atoms with E-state index in [0.717, 1.165) is 28.1 Å². The number of fused-ring (bicyclic) bond motifs is 1. The van der Waals surface area contributed by atoms with Crippen LogP contribution in [-0.4, -0.2) is 39.7 Å². The van der Waals surface area contributed by atoms with Crippen molar-refractivity contribution >= 4 is 45.2 Å².